The Bertz CT molecular complexity index is 199. The van der Waals surface area contributed by atoms with Crippen molar-refractivity contribution in [3.05, 3.63) is 12.8 Å². The van der Waals surface area contributed by atoms with Gasteiger partial charge in [-0.25, -0.2) is 0 Å². The first-order valence-corrected chi connectivity index (χ1v) is 10.2. The molecule has 0 rings (SSSR count). The molecule has 0 aromatic carbocycles. The van der Waals surface area contributed by atoms with E-state index in [1.807, 2.05) is 0 Å². The highest BCUT2D eigenvalue weighted by molar-refractivity contribution is 4.85. The summed E-state index contributed by atoms with van der Waals surface area (Å²) in [5, 5.41) is 0. The number of rotatable bonds is 16. The maximum absolute atomic E-state index is 2.46. The van der Waals surface area contributed by atoms with E-state index in [2.05, 4.69) is 40.5 Å². The highest BCUT2D eigenvalue weighted by Crippen LogP contribution is 2.21. The first kappa shape index (κ1) is 22.0. The van der Waals surface area contributed by atoms with Crippen molar-refractivity contribution in [2.75, 3.05) is 0 Å². The van der Waals surface area contributed by atoms with Gasteiger partial charge in [0.15, 0.2) is 0 Å². The number of hydrogen-bond acceptors (Lipinski definition) is 0. The van der Waals surface area contributed by atoms with Crippen molar-refractivity contribution in [3.8, 4) is 0 Å². The van der Waals surface area contributed by atoms with Crippen LogP contribution in [0.1, 0.15) is 124 Å². The van der Waals surface area contributed by atoms with E-state index in [4.69, 9.17) is 0 Å². The maximum atomic E-state index is 2.46. The standard InChI is InChI=1S/C22H44/c1-5-6-7-8-9-10-11-12-13-14-15-16-17-18-19-20-21-22(2,3)4/h19,21H,5-18,20H2,1-4H3. The molecule has 0 aliphatic heterocycles. The molecule has 0 amide bonds. The van der Waals surface area contributed by atoms with E-state index in [0.717, 1.165) is 0 Å². The molecule has 0 bridgehead atoms. The molecule has 0 aliphatic rings. The molecule has 0 aromatic heterocycles. The average molecular weight is 309 g/mol. The summed E-state index contributed by atoms with van der Waals surface area (Å²) in [6, 6.07) is 0. The Morgan fingerprint density at radius 3 is 1.41 bits per heavy atom. The summed E-state index contributed by atoms with van der Waals surface area (Å²) >= 11 is 0. The van der Waals surface area contributed by atoms with Crippen molar-refractivity contribution < 1.29 is 0 Å². The predicted molar refractivity (Wildman–Crippen MR) is 103 cm³/mol. The lowest BCUT2D eigenvalue weighted by Crippen LogP contribution is -2.05. The van der Waals surface area contributed by atoms with Gasteiger partial charge < -0.3 is 0 Å². The molecule has 0 fully saturated rings. The van der Waals surface area contributed by atoms with Crippen LogP contribution >= 0.6 is 0 Å². The van der Waals surface area contributed by atoms with Gasteiger partial charge in [0.25, 0.3) is 0 Å². The van der Waals surface area contributed by atoms with Crippen molar-refractivity contribution >= 4 is 0 Å². The van der Waals surface area contributed by atoms with Crippen LogP contribution in [0.4, 0.5) is 0 Å². The minimum absolute atomic E-state index is 0.381. The molecule has 0 aromatic rings. The van der Waals surface area contributed by atoms with E-state index in [1.54, 1.807) is 0 Å². The van der Waals surface area contributed by atoms with Crippen LogP contribution in [0.15, 0.2) is 0 Å². The Hall–Kier alpha value is 0. The van der Waals surface area contributed by atoms with Crippen molar-refractivity contribution in [1.82, 2.24) is 0 Å². The van der Waals surface area contributed by atoms with Crippen LogP contribution in [0.3, 0.4) is 0 Å². The van der Waals surface area contributed by atoms with E-state index in [1.165, 1.54) is 96.3 Å². The Morgan fingerprint density at radius 1 is 0.591 bits per heavy atom. The second-order valence-corrected chi connectivity index (χ2v) is 8.13. The molecule has 0 saturated heterocycles. The second kappa shape index (κ2) is 15.9. The van der Waals surface area contributed by atoms with Crippen molar-refractivity contribution in [2.45, 2.75) is 124 Å². The summed E-state index contributed by atoms with van der Waals surface area (Å²) < 4.78 is 0. The fourth-order valence-electron chi connectivity index (χ4n) is 2.86. The van der Waals surface area contributed by atoms with Crippen LogP contribution in [-0.4, -0.2) is 0 Å². The van der Waals surface area contributed by atoms with E-state index in [-0.39, 0.29) is 0 Å². The SMILES string of the molecule is CCCCCCCCCCCCCCC[CH]C[CH]C(C)(C)C. The van der Waals surface area contributed by atoms with Gasteiger partial charge in [0.2, 0.25) is 0 Å². The van der Waals surface area contributed by atoms with Gasteiger partial charge in [-0.2, -0.15) is 0 Å². The van der Waals surface area contributed by atoms with Crippen molar-refractivity contribution in [2.24, 2.45) is 5.41 Å². The number of unbranched alkanes of at least 4 members (excludes halogenated alkanes) is 15. The van der Waals surface area contributed by atoms with Gasteiger partial charge >= 0.3 is 0 Å². The Morgan fingerprint density at radius 2 is 1.00 bits per heavy atom. The Balaban J connectivity index is 3.00. The molecule has 0 saturated carbocycles. The first-order valence-electron chi connectivity index (χ1n) is 10.2. The second-order valence-electron chi connectivity index (χ2n) is 8.13. The zero-order valence-electron chi connectivity index (χ0n) is 16.3. The molecular formula is C22H44. The summed E-state index contributed by atoms with van der Waals surface area (Å²) in [7, 11) is 0. The molecule has 2 radical (unpaired) electrons. The zero-order valence-corrected chi connectivity index (χ0v) is 16.3. The molecule has 0 heteroatoms. The molecule has 0 N–H and O–H groups in total. The molecule has 0 atom stereocenters. The minimum atomic E-state index is 0.381. The topological polar surface area (TPSA) is 0 Å². The summed E-state index contributed by atoms with van der Waals surface area (Å²) in [4.78, 5) is 0. The van der Waals surface area contributed by atoms with E-state index in [0.29, 0.717) is 5.41 Å². The highest BCUT2D eigenvalue weighted by atomic mass is 14.1. The Kier molecular flexibility index (Phi) is 15.9. The van der Waals surface area contributed by atoms with Crippen LogP contribution < -0.4 is 0 Å². The van der Waals surface area contributed by atoms with Gasteiger partial charge in [-0.05, 0) is 24.7 Å². The molecule has 0 heterocycles. The third kappa shape index (κ3) is 20.0. The fraction of sp³-hybridized carbons (Fsp3) is 0.909. The van der Waals surface area contributed by atoms with Gasteiger partial charge in [0.05, 0.1) is 0 Å². The third-order valence-corrected chi connectivity index (χ3v) is 4.41. The quantitative estimate of drug-likeness (QED) is 0.251. The number of hydrogen-bond donors (Lipinski definition) is 0. The van der Waals surface area contributed by atoms with Crippen molar-refractivity contribution in [1.29, 1.82) is 0 Å². The lowest BCUT2D eigenvalue weighted by atomic mass is 9.89. The molecule has 22 heavy (non-hydrogen) atoms. The molecule has 0 aliphatic carbocycles. The minimum Gasteiger partial charge on any atom is -0.0654 e. The smallest absolute Gasteiger partial charge is 0.0329 e. The van der Waals surface area contributed by atoms with Crippen LogP contribution in [-0.2, 0) is 0 Å². The lowest BCUT2D eigenvalue weighted by Gasteiger charge is -2.16. The lowest BCUT2D eigenvalue weighted by molar-refractivity contribution is 0.478. The predicted octanol–water partition coefficient (Wildman–Crippen LogP) is 8.31. The van der Waals surface area contributed by atoms with Crippen molar-refractivity contribution in [3.63, 3.8) is 0 Å². The van der Waals surface area contributed by atoms with Gasteiger partial charge in [0.1, 0.15) is 0 Å². The summed E-state index contributed by atoms with van der Waals surface area (Å²) in [6.45, 7) is 9.15. The van der Waals surface area contributed by atoms with Crippen LogP contribution in [0.25, 0.3) is 0 Å². The van der Waals surface area contributed by atoms with Gasteiger partial charge in [-0.3, -0.25) is 0 Å². The fourth-order valence-corrected chi connectivity index (χ4v) is 2.86. The highest BCUT2D eigenvalue weighted by Gasteiger charge is 2.08. The molecule has 0 unspecified atom stereocenters. The normalized spacial score (nSPS) is 12.0. The van der Waals surface area contributed by atoms with E-state index in [9.17, 15) is 0 Å². The van der Waals surface area contributed by atoms with Crippen LogP contribution in [0, 0.1) is 18.3 Å². The van der Waals surface area contributed by atoms with Gasteiger partial charge in [-0.15, -0.1) is 0 Å². The first-order chi connectivity index (χ1) is 10.6. The van der Waals surface area contributed by atoms with Crippen LogP contribution in [0.2, 0.25) is 0 Å². The van der Waals surface area contributed by atoms with Gasteiger partial charge in [0, 0.05) is 0 Å². The van der Waals surface area contributed by atoms with Crippen LogP contribution in [0.5, 0.6) is 0 Å². The summed E-state index contributed by atoms with van der Waals surface area (Å²) in [6.07, 6.45) is 26.2. The zero-order chi connectivity index (χ0) is 16.5. The third-order valence-electron chi connectivity index (χ3n) is 4.41. The largest absolute Gasteiger partial charge is 0.0654 e. The van der Waals surface area contributed by atoms with E-state index < -0.39 is 0 Å². The summed E-state index contributed by atoms with van der Waals surface area (Å²) in [5.74, 6) is 0. The van der Waals surface area contributed by atoms with Gasteiger partial charge in [-0.1, -0.05) is 118 Å². The summed E-state index contributed by atoms with van der Waals surface area (Å²) in [5.41, 5.74) is 0.381. The maximum Gasteiger partial charge on any atom is -0.0329 e. The monoisotopic (exact) mass is 308 g/mol. The molecular weight excluding hydrogens is 264 g/mol. The Labute approximate surface area is 142 Å². The molecule has 132 valence electrons. The average Bonchev–Trinajstić information content (AvgIpc) is 2.45. The molecule has 0 spiro atoms. The molecule has 0 nitrogen and oxygen atoms in total. The van der Waals surface area contributed by atoms with E-state index >= 15 is 0 Å².